The summed E-state index contributed by atoms with van der Waals surface area (Å²) in [4.78, 5) is 25.0. The van der Waals surface area contributed by atoms with E-state index < -0.39 is 0 Å². The summed E-state index contributed by atoms with van der Waals surface area (Å²) in [5, 5.41) is 13.1. The number of phenols is 1. The van der Waals surface area contributed by atoms with Gasteiger partial charge in [0.2, 0.25) is 5.75 Å². The lowest BCUT2D eigenvalue weighted by atomic mass is 10.1. The lowest BCUT2D eigenvalue weighted by molar-refractivity contribution is -0.0102. The second-order valence-corrected chi connectivity index (χ2v) is 8.65. The predicted octanol–water partition coefficient (Wildman–Crippen LogP) is 1.95. The first-order valence-electron chi connectivity index (χ1n) is 13.4. The standard InChI is InChI=1S/C29H38N2O10/c1-35-28-24(32)7-6-23-25(33)20-26(41-27(23)28)21-2-4-22(5-3-21)29(34)31-9-11-37-13-15-39-17-19-40-18-16-38-14-12-36-10-8-30/h2-7,20,32H,8-19,30H2,1H3,(H,31,34). The molecule has 4 N–H and O–H groups in total. The molecule has 0 fully saturated rings. The third-order valence-electron chi connectivity index (χ3n) is 5.75. The van der Waals surface area contributed by atoms with Crippen LogP contribution in [0.25, 0.3) is 22.3 Å². The van der Waals surface area contributed by atoms with Crippen molar-refractivity contribution < 1.29 is 42.7 Å². The minimum atomic E-state index is -0.276. The molecule has 0 saturated carbocycles. The van der Waals surface area contributed by atoms with Crippen molar-refractivity contribution in [2.45, 2.75) is 0 Å². The van der Waals surface area contributed by atoms with Gasteiger partial charge in [-0.3, -0.25) is 9.59 Å². The Labute approximate surface area is 238 Å². The van der Waals surface area contributed by atoms with E-state index in [-0.39, 0.29) is 34.2 Å². The number of nitrogens with one attached hydrogen (secondary N) is 1. The van der Waals surface area contributed by atoms with Gasteiger partial charge in [0.1, 0.15) is 5.76 Å². The van der Waals surface area contributed by atoms with Gasteiger partial charge in [-0.05, 0) is 24.3 Å². The van der Waals surface area contributed by atoms with Crippen LogP contribution in [0.5, 0.6) is 11.5 Å². The molecule has 12 heteroatoms. The van der Waals surface area contributed by atoms with Gasteiger partial charge in [-0.15, -0.1) is 0 Å². The molecule has 224 valence electrons. The highest BCUT2D eigenvalue weighted by atomic mass is 16.6. The second kappa shape index (κ2) is 18.0. The molecule has 1 aromatic heterocycles. The predicted molar refractivity (Wildman–Crippen MR) is 152 cm³/mol. The number of carbonyl (C=O) groups excluding carboxylic acids is 1. The molecule has 0 aliphatic rings. The van der Waals surface area contributed by atoms with Crippen molar-refractivity contribution >= 4 is 16.9 Å². The largest absolute Gasteiger partial charge is 0.504 e. The molecule has 0 aliphatic heterocycles. The highest BCUT2D eigenvalue weighted by Gasteiger charge is 2.15. The van der Waals surface area contributed by atoms with E-state index in [9.17, 15) is 14.7 Å². The first-order valence-corrected chi connectivity index (χ1v) is 13.4. The summed E-state index contributed by atoms with van der Waals surface area (Å²) >= 11 is 0. The van der Waals surface area contributed by atoms with E-state index >= 15 is 0 Å². The second-order valence-electron chi connectivity index (χ2n) is 8.65. The molecule has 3 rings (SSSR count). The molecule has 2 aromatic carbocycles. The number of nitrogens with two attached hydrogens (primary N) is 1. The highest BCUT2D eigenvalue weighted by molar-refractivity contribution is 5.94. The van der Waals surface area contributed by atoms with Gasteiger partial charge in [-0.2, -0.15) is 0 Å². The van der Waals surface area contributed by atoms with E-state index in [1.54, 1.807) is 24.3 Å². The van der Waals surface area contributed by atoms with E-state index in [1.165, 1.54) is 25.3 Å². The molecular weight excluding hydrogens is 536 g/mol. The third-order valence-corrected chi connectivity index (χ3v) is 5.75. The van der Waals surface area contributed by atoms with Gasteiger partial charge in [-0.1, -0.05) is 12.1 Å². The monoisotopic (exact) mass is 574 g/mol. The average molecular weight is 575 g/mol. The zero-order valence-corrected chi connectivity index (χ0v) is 23.2. The maximum Gasteiger partial charge on any atom is 0.251 e. The maximum absolute atomic E-state index is 12.6. The fourth-order valence-electron chi connectivity index (χ4n) is 3.71. The molecule has 1 heterocycles. The summed E-state index contributed by atoms with van der Waals surface area (Å²) in [7, 11) is 1.38. The topological polar surface area (TPSA) is 161 Å². The zero-order valence-electron chi connectivity index (χ0n) is 23.2. The summed E-state index contributed by atoms with van der Waals surface area (Å²) in [5.41, 5.74) is 6.24. The fraction of sp³-hybridized carbons (Fsp3) is 0.448. The Morgan fingerprint density at radius 1 is 0.829 bits per heavy atom. The van der Waals surface area contributed by atoms with Crippen LogP contribution in [-0.4, -0.2) is 97.3 Å². The van der Waals surface area contributed by atoms with Gasteiger partial charge in [0.15, 0.2) is 16.8 Å². The van der Waals surface area contributed by atoms with E-state index in [0.717, 1.165) is 0 Å². The minimum Gasteiger partial charge on any atom is -0.504 e. The van der Waals surface area contributed by atoms with Crippen LogP contribution in [0.15, 0.2) is 51.7 Å². The molecule has 12 nitrogen and oxygen atoms in total. The van der Waals surface area contributed by atoms with Crippen molar-refractivity contribution in [1.29, 1.82) is 0 Å². The lowest BCUT2D eigenvalue weighted by Gasteiger charge is -2.09. The number of carbonyl (C=O) groups is 1. The van der Waals surface area contributed by atoms with Crippen molar-refractivity contribution in [2.75, 3.05) is 86.3 Å². The summed E-state index contributed by atoms with van der Waals surface area (Å²) in [6.07, 6.45) is 0. The molecule has 0 unspecified atom stereocenters. The molecule has 41 heavy (non-hydrogen) atoms. The Kier molecular flexibility index (Phi) is 14.1. The average Bonchev–Trinajstić information content (AvgIpc) is 2.98. The van der Waals surface area contributed by atoms with Crippen LogP contribution < -0.4 is 21.2 Å². The highest BCUT2D eigenvalue weighted by Crippen LogP contribution is 2.35. The number of methoxy groups -OCH3 is 1. The van der Waals surface area contributed by atoms with Crippen LogP contribution in [-0.2, 0) is 23.7 Å². The van der Waals surface area contributed by atoms with Gasteiger partial charge in [0.05, 0.1) is 78.6 Å². The number of phenolic OH excluding ortho intramolecular Hbond substituents is 1. The number of amides is 1. The van der Waals surface area contributed by atoms with Crippen molar-refractivity contribution in [2.24, 2.45) is 5.73 Å². The van der Waals surface area contributed by atoms with Gasteiger partial charge in [0, 0.05) is 30.3 Å². The summed E-state index contributed by atoms with van der Waals surface area (Å²) in [5.74, 6) is -0.0199. The van der Waals surface area contributed by atoms with Crippen LogP contribution >= 0.6 is 0 Å². The van der Waals surface area contributed by atoms with Crippen molar-refractivity contribution in [3.05, 3.63) is 58.3 Å². The van der Waals surface area contributed by atoms with Gasteiger partial charge >= 0.3 is 0 Å². The lowest BCUT2D eigenvalue weighted by Crippen LogP contribution is -2.27. The van der Waals surface area contributed by atoms with Gasteiger partial charge in [0.25, 0.3) is 5.91 Å². The molecular formula is C29H38N2O10. The van der Waals surface area contributed by atoms with Gasteiger partial charge < -0.3 is 49.0 Å². The smallest absolute Gasteiger partial charge is 0.251 e. The number of rotatable bonds is 20. The summed E-state index contributed by atoms with van der Waals surface area (Å²) in [6.45, 7) is 5.47. The zero-order chi connectivity index (χ0) is 29.3. The van der Waals surface area contributed by atoms with Crippen molar-refractivity contribution in [1.82, 2.24) is 5.32 Å². The number of hydrogen-bond donors (Lipinski definition) is 3. The maximum atomic E-state index is 12.6. The van der Waals surface area contributed by atoms with Crippen molar-refractivity contribution in [3.8, 4) is 22.8 Å². The number of fused-ring (bicyclic) bond motifs is 1. The number of ether oxygens (including phenoxy) is 6. The molecule has 0 bridgehead atoms. The molecule has 3 aromatic rings. The van der Waals surface area contributed by atoms with E-state index in [1.807, 2.05) is 0 Å². The van der Waals surface area contributed by atoms with Gasteiger partial charge in [-0.25, -0.2) is 0 Å². The molecule has 0 atom stereocenters. The third kappa shape index (κ3) is 10.4. The molecule has 0 saturated heterocycles. The normalized spacial score (nSPS) is 11.2. The quantitative estimate of drug-likeness (QED) is 0.169. The SMILES string of the molecule is COc1c(O)ccc2c(=O)cc(-c3ccc(C(=O)NCCOCCOCCOCCOCCOCCN)cc3)oc12. The van der Waals surface area contributed by atoms with Crippen LogP contribution in [0.3, 0.4) is 0 Å². The number of benzene rings is 2. The molecule has 0 spiro atoms. The molecule has 1 amide bonds. The Balaban J connectivity index is 1.28. The Hall–Kier alpha value is -3.52. The van der Waals surface area contributed by atoms with Crippen LogP contribution in [0.4, 0.5) is 0 Å². The fourth-order valence-corrected chi connectivity index (χ4v) is 3.71. The van der Waals surface area contributed by atoms with Crippen LogP contribution in [0.1, 0.15) is 10.4 Å². The minimum absolute atomic E-state index is 0.0821. The molecule has 0 radical (unpaired) electrons. The van der Waals surface area contributed by atoms with Crippen LogP contribution in [0, 0.1) is 0 Å². The first kappa shape index (κ1) is 32.0. The Bertz CT molecular complexity index is 1260. The number of hydrogen-bond acceptors (Lipinski definition) is 11. The van der Waals surface area contributed by atoms with E-state index in [0.29, 0.717) is 95.7 Å². The summed E-state index contributed by atoms with van der Waals surface area (Å²) in [6, 6.07) is 10.8. The Morgan fingerprint density at radius 3 is 1.95 bits per heavy atom. The van der Waals surface area contributed by atoms with E-state index in [2.05, 4.69) is 5.32 Å². The summed E-state index contributed by atoms with van der Waals surface area (Å²) < 4.78 is 37.9. The van der Waals surface area contributed by atoms with E-state index in [4.69, 9.17) is 38.6 Å². The molecule has 0 aliphatic carbocycles. The van der Waals surface area contributed by atoms with Crippen molar-refractivity contribution in [3.63, 3.8) is 0 Å². The number of aromatic hydroxyl groups is 1. The first-order chi connectivity index (χ1) is 20.0. The Morgan fingerprint density at radius 2 is 1.39 bits per heavy atom. The van der Waals surface area contributed by atoms with Crippen LogP contribution in [0.2, 0.25) is 0 Å².